The van der Waals surface area contributed by atoms with E-state index >= 15 is 0 Å². The van der Waals surface area contributed by atoms with Gasteiger partial charge in [-0.2, -0.15) is 13.2 Å². The lowest BCUT2D eigenvalue weighted by atomic mass is 10.1. The summed E-state index contributed by atoms with van der Waals surface area (Å²) in [6.07, 6.45) is 5.30. The van der Waals surface area contributed by atoms with Gasteiger partial charge in [0.15, 0.2) is 0 Å². The van der Waals surface area contributed by atoms with Crippen molar-refractivity contribution in [2.75, 3.05) is 13.1 Å². The molecule has 0 saturated carbocycles. The molecule has 0 atom stereocenters. The van der Waals surface area contributed by atoms with Gasteiger partial charge in [-0.1, -0.05) is 51.9 Å². The normalized spacial score (nSPS) is 12.0. The van der Waals surface area contributed by atoms with Crippen LogP contribution in [0.4, 0.5) is 13.2 Å². The standard InChI is InChI=1S/C12H24F3N/c1-2-3-4-5-6-7-8-9-10-16-11-12(13,14)15/h16H,2-11H2,1H3. The van der Waals surface area contributed by atoms with Crippen LogP contribution in [0.5, 0.6) is 0 Å². The maximum Gasteiger partial charge on any atom is 0.401 e. The molecule has 1 N–H and O–H groups in total. The Hall–Kier alpha value is -0.250. The van der Waals surface area contributed by atoms with Crippen molar-refractivity contribution in [2.24, 2.45) is 0 Å². The van der Waals surface area contributed by atoms with Crippen LogP contribution >= 0.6 is 0 Å². The van der Waals surface area contributed by atoms with Crippen LogP contribution in [0.25, 0.3) is 0 Å². The lowest BCUT2D eigenvalue weighted by molar-refractivity contribution is -0.124. The Labute approximate surface area is 96.8 Å². The molecule has 1 nitrogen and oxygen atoms in total. The SMILES string of the molecule is CCCCCCCCCCNCC(F)(F)F. The Morgan fingerprint density at radius 3 is 1.81 bits per heavy atom. The largest absolute Gasteiger partial charge is 0.401 e. The Morgan fingerprint density at radius 2 is 1.31 bits per heavy atom. The van der Waals surface area contributed by atoms with Crippen molar-refractivity contribution in [3.63, 3.8) is 0 Å². The van der Waals surface area contributed by atoms with Crippen LogP contribution in [-0.4, -0.2) is 19.3 Å². The molecule has 0 spiro atoms. The maximum absolute atomic E-state index is 11.7. The van der Waals surface area contributed by atoms with Gasteiger partial charge < -0.3 is 5.32 Å². The molecule has 98 valence electrons. The number of hydrogen-bond donors (Lipinski definition) is 1. The number of unbranched alkanes of at least 4 members (excludes halogenated alkanes) is 7. The van der Waals surface area contributed by atoms with Gasteiger partial charge in [0.05, 0.1) is 6.54 Å². The van der Waals surface area contributed by atoms with Crippen LogP contribution in [-0.2, 0) is 0 Å². The molecular weight excluding hydrogens is 215 g/mol. The highest BCUT2D eigenvalue weighted by atomic mass is 19.4. The topological polar surface area (TPSA) is 12.0 Å². The highest BCUT2D eigenvalue weighted by Gasteiger charge is 2.25. The zero-order chi connectivity index (χ0) is 12.3. The first-order valence-corrected chi connectivity index (χ1v) is 6.33. The predicted octanol–water partition coefficient (Wildman–Crippen LogP) is 4.28. The van der Waals surface area contributed by atoms with Crippen LogP contribution in [0.3, 0.4) is 0 Å². The molecule has 0 heterocycles. The minimum Gasteiger partial charge on any atom is -0.309 e. The van der Waals surface area contributed by atoms with Crippen molar-refractivity contribution in [2.45, 2.75) is 64.5 Å². The molecule has 0 aromatic rings. The lowest BCUT2D eigenvalue weighted by Crippen LogP contribution is -2.29. The summed E-state index contributed by atoms with van der Waals surface area (Å²) < 4.78 is 35.2. The summed E-state index contributed by atoms with van der Waals surface area (Å²) in [6, 6.07) is 0. The van der Waals surface area contributed by atoms with E-state index in [1.54, 1.807) is 0 Å². The van der Waals surface area contributed by atoms with Gasteiger partial charge in [-0.15, -0.1) is 0 Å². The average molecular weight is 239 g/mol. The van der Waals surface area contributed by atoms with Crippen LogP contribution in [0.15, 0.2) is 0 Å². The van der Waals surface area contributed by atoms with Crippen LogP contribution in [0, 0.1) is 0 Å². The second kappa shape index (κ2) is 9.94. The predicted molar refractivity (Wildman–Crippen MR) is 61.5 cm³/mol. The summed E-state index contributed by atoms with van der Waals surface area (Å²) in [4.78, 5) is 0. The van der Waals surface area contributed by atoms with Crippen molar-refractivity contribution >= 4 is 0 Å². The number of nitrogens with one attached hydrogen (secondary N) is 1. The molecular formula is C12H24F3N. The first-order valence-electron chi connectivity index (χ1n) is 6.33. The quantitative estimate of drug-likeness (QED) is 0.561. The molecule has 0 saturated heterocycles. The Bertz CT molecular complexity index is 146. The molecule has 0 bridgehead atoms. The van der Waals surface area contributed by atoms with Gasteiger partial charge in [-0.3, -0.25) is 0 Å². The zero-order valence-corrected chi connectivity index (χ0v) is 10.2. The fourth-order valence-electron chi connectivity index (χ4n) is 1.61. The van der Waals surface area contributed by atoms with E-state index in [9.17, 15) is 13.2 Å². The van der Waals surface area contributed by atoms with Gasteiger partial charge >= 0.3 is 6.18 Å². The first-order chi connectivity index (χ1) is 7.56. The second-order valence-electron chi connectivity index (χ2n) is 4.27. The van der Waals surface area contributed by atoms with Gasteiger partial charge in [-0.25, -0.2) is 0 Å². The fraction of sp³-hybridized carbons (Fsp3) is 1.00. The van der Waals surface area contributed by atoms with Crippen LogP contribution in [0.1, 0.15) is 58.3 Å². The van der Waals surface area contributed by atoms with E-state index in [4.69, 9.17) is 0 Å². The van der Waals surface area contributed by atoms with E-state index in [2.05, 4.69) is 12.2 Å². The summed E-state index contributed by atoms with van der Waals surface area (Å²) in [5.74, 6) is 0. The molecule has 0 unspecified atom stereocenters. The summed E-state index contributed by atoms with van der Waals surface area (Å²) in [5, 5.41) is 2.41. The Balaban J connectivity index is 2.99. The highest BCUT2D eigenvalue weighted by molar-refractivity contribution is 4.55. The zero-order valence-electron chi connectivity index (χ0n) is 10.2. The average Bonchev–Trinajstić information content (AvgIpc) is 2.19. The van der Waals surface area contributed by atoms with Crippen LogP contribution < -0.4 is 5.32 Å². The molecule has 16 heavy (non-hydrogen) atoms. The van der Waals surface area contributed by atoms with E-state index in [1.807, 2.05) is 0 Å². The van der Waals surface area contributed by atoms with Crippen LogP contribution in [0.2, 0.25) is 0 Å². The smallest absolute Gasteiger partial charge is 0.309 e. The van der Waals surface area contributed by atoms with Crippen molar-refractivity contribution in [3.8, 4) is 0 Å². The van der Waals surface area contributed by atoms with Gasteiger partial charge in [-0.05, 0) is 13.0 Å². The lowest BCUT2D eigenvalue weighted by Gasteiger charge is -2.07. The fourth-order valence-corrected chi connectivity index (χ4v) is 1.61. The third-order valence-corrected chi connectivity index (χ3v) is 2.53. The molecule has 0 fully saturated rings. The molecule has 0 aliphatic heterocycles. The molecule has 0 rings (SSSR count). The molecule has 0 aromatic heterocycles. The summed E-state index contributed by atoms with van der Waals surface area (Å²) >= 11 is 0. The number of hydrogen-bond acceptors (Lipinski definition) is 1. The van der Waals surface area contributed by atoms with E-state index in [0.717, 1.165) is 19.3 Å². The second-order valence-corrected chi connectivity index (χ2v) is 4.27. The van der Waals surface area contributed by atoms with Gasteiger partial charge in [0.25, 0.3) is 0 Å². The van der Waals surface area contributed by atoms with Gasteiger partial charge in [0.2, 0.25) is 0 Å². The molecule has 0 amide bonds. The third kappa shape index (κ3) is 13.8. The summed E-state index contributed by atoms with van der Waals surface area (Å²) in [7, 11) is 0. The minimum absolute atomic E-state index is 0.481. The summed E-state index contributed by atoms with van der Waals surface area (Å²) in [5.41, 5.74) is 0. The maximum atomic E-state index is 11.7. The molecule has 4 heteroatoms. The van der Waals surface area contributed by atoms with Crippen molar-refractivity contribution in [1.29, 1.82) is 0 Å². The van der Waals surface area contributed by atoms with Crippen molar-refractivity contribution in [3.05, 3.63) is 0 Å². The third-order valence-electron chi connectivity index (χ3n) is 2.53. The number of alkyl halides is 3. The summed E-state index contributed by atoms with van der Waals surface area (Å²) in [6.45, 7) is 1.81. The van der Waals surface area contributed by atoms with Gasteiger partial charge in [0, 0.05) is 0 Å². The minimum atomic E-state index is -4.07. The molecule has 0 aliphatic rings. The number of halogens is 3. The molecule has 0 aromatic carbocycles. The van der Waals surface area contributed by atoms with E-state index in [1.165, 1.54) is 32.1 Å². The number of rotatable bonds is 10. The Kier molecular flexibility index (Phi) is 9.78. The monoisotopic (exact) mass is 239 g/mol. The van der Waals surface area contributed by atoms with Crippen molar-refractivity contribution in [1.82, 2.24) is 5.32 Å². The Morgan fingerprint density at radius 1 is 0.812 bits per heavy atom. The first kappa shape index (κ1) is 15.8. The van der Waals surface area contributed by atoms with E-state index in [0.29, 0.717) is 6.54 Å². The van der Waals surface area contributed by atoms with Crippen molar-refractivity contribution < 1.29 is 13.2 Å². The van der Waals surface area contributed by atoms with E-state index in [-0.39, 0.29) is 0 Å². The van der Waals surface area contributed by atoms with E-state index < -0.39 is 12.7 Å². The molecule has 0 radical (unpaired) electrons. The van der Waals surface area contributed by atoms with Gasteiger partial charge in [0.1, 0.15) is 0 Å². The molecule has 0 aliphatic carbocycles. The highest BCUT2D eigenvalue weighted by Crippen LogP contribution is 2.12.